The number of hydrogen-bond acceptors (Lipinski definition) is 6. The highest BCUT2D eigenvalue weighted by Gasteiger charge is 2.71. The van der Waals surface area contributed by atoms with E-state index in [4.69, 9.17) is 0 Å². The van der Waals surface area contributed by atoms with Gasteiger partial charge in [-0.2, -0.15) is 0 Å². The Balaban J connectivity index is 1.35. The first-order chi connectivity index (χ1) is 19.0. The van der Waals surface area contributed by atoms with Gasteiger partial charge in [-0.3, -0.25) is 14.7 Å². The molecule has 3 fully saturated rings. The van der Waals surface area contributed by atoms with Gasteiger partial charge >= 0.3 is 0 Å². The summed E-state index contributed by atoms with van der Waals surface area (Å²) in [5.41, 5.74) is 9.88. The van der Waals surface area contributed by atoms with Crippen LogP contribution in [0.4, 0.5) is 17.1 Å². The van der Waals surface area contributed by atoms with Gasteiger partial charge in [0, 0.05) is 47.5 Å². The number of likely N-dealkylation sites (N-methyl/N-ethyl adjacent to an activating group) is 3. The lowest BCUT2D eigenvalue weighted by Gasteiger charge is -2.72. The summed E-state index contributed by atoms with van der Waals surface area (Å²) >= 11 is 0. The molecule has 3 aromatic carbocycles. The highest BCUT2D eigenvalue weighted by molar-refractivity contribution is 5.78. The van der Waals surface area contributed by atoms with Crippen LogP contribution in [0.1, 0.15) is 41.5 Å². The van der Waals surface area contributed by atoms with E-state index in [1.54, 1.807) is 0 Å². The molecule has 6 aliphatic rings. The first kappa shape index (κ1) is 22.7. The average Bonchev–Trinajstić information content (AvgIpc) is 3.47. The van der Waals surface area contributed by atoms with Crippen LogP contribution >= 0.6 is 0 Å². The van der Waals surface area contributed by atoms with E-state index in [1.807, 2.05) is 0 Å². The third kappa shape index (κ3) is 2.39. The highest BCUT2D eigenvalue weighted by Crippen LogP contribution is 2.67. The number of anilines is 3. The Labute approximate surface area is 231 Å². The van der Waals surface area contributed by atoms with Crippen LogP contribution in [-0.4, -0.2) is 74.0 Å². The molecule has 0 radical (unpaired) electrons. The van der Waals surface area contributed by atoms with Gasteiger partial charge in [-0.15, -0.1) is 0 Å². The lowest BCUT2D eigenvalue weighted by molar-refractivity contribution is -0.0693. The third-order valence-electron chi connectivity index (χ3n) is 11.8. The number of nitrogens with one attached hydrogen (secondary N) is 3. The van der Waals surface area contributed by atoms with E-state index < -0.39 is 0 Å². The number of fused-ring (bicyclic) bond motifs is 5. The van der Waals surface area contributed by atoms with E-state index in [0.29, 0.717) is 0 Å². The van der Waals surface area contributed by atoms with Gasteiger partial charge < -0.3 is 16.0 Å². The van der Waals surface area contributed by atoms with Crippen molar-refractivity contribution in [2.45, 2.75) is 54.0 Å². The van der Waals surface area contributed by atoms with Crippen molar-refractivity contribution in [2.75, 3.05) is 56.7 Å². The number of likely N-dealkylation sites (tertiary alicyclic amines) is 3. The summed E-state index contributed by atoms with van der Waals surface area (Å²) in [6.07, 6.45) is 4.21. The zero-order valence-corrected chi connectivity index (χ0v) is 23.2. The Morgan fingerprint density at radius 3 is 1.82 bits per heavy atom. The van der Waals surface area contributed by atoms with E-state index in [9.17, 15) is 0 Å². The highest BCUT2D eigenvalue weighted by atomic mass is 15.4. The summed E-state index contributed by atoms with van der Waals surface area (Å²) < 4.78 is 0. The molecule has 6 heteroatoms. The zero-order valence-electron chi connectivity index (χ0n) is 23.2. The summed E-state index contributed by atoms with van der Waals surface area (Å²) in [4.78, 5) is 7.75. The molecular weight excluding hydrogens is 480 g/mol. The summed E-state index contributed by atoms with van der Waals surface area (Å²) in [6, 6.07) is 25.5. The fourth-order valence-corrected chi connectivity index (χ4v) is 10.3. The minimum Gasteiger partial charge on any atom is -0.369 e. The van der Waals surface area contributed by atoms with Gasteiger partial charge in [0.2, 0.25) is 0 Å². The maximum Gasteiger partial charge on any atom is 0.0933 e. The molecule has 200 valence electrons. The molecule has 0 aromatic heterocycles. The van der Waals surface area contributed by atoms with Gasteiger partial charge in [0.25, 0.3) is 0 Å². The molecule has 6 heterocycles. The summed E-state index contributed by atoms with van der Waals surface area (Å²) in [5, 5.41) is 12.3. The van der Waals surface area contributed by atoms with Crippen LogP contribution in [0, 0.1) is 0 Å². The minimum atomic E-state index is -0.0707. The van der Waals surface area contributed by atoms with Crippen molar-refractivity contribution in [3.8, 4) is 0 Å². The summed E-state index contributed by atoms with van der Waals surface area (Å²) in [5.74, 6) is 0. The van der Waals surface area contributed by atoms with E-state index in [1.165, 1.54) is 39.3 Å². The van der Waals surface area contributed by atoms with Gasteiger partial charge in [-0.25, -0.2) is 0 Å². The van der Waals surface area contributed by atoms with Crippen LogP contribution in [-0.2, 0) is 16.2 Å². The fourth-order valence-electron chi connectivity index (χ4n) is 10.3. The maximum absolute atomic E-state index is 4.31. The topological polar surface area (TPSA) is 45.8 Å². The predicted octanol–water partition coefficient (Wildman–Crippen LogP) is 4.41. The molecule has 6 atom stereocenters. The van der Waals surface area contributed by atoms with E-state index in [-0.39, 0.29) is 34.7 Å². The molecule has 39 heavy (non-hydrogen) atoms. The Hall–Kier alpha value is -3.06. The van der Waals surface area contributed by atoms with Gasteiger partial charge in [-0.05, 0) is 74.8 Å². The number of nitrogens with zero attached hydrogens (tertiary/aromatic N) is 3. The molecule has 4 bridgehead atoms. The van der Waals surface area contributed by atoms with Crippen LogP contribution in [0.2, 0.25) is 0 Å². The molecule has 9 rings (SSSR count). The van der Waals surface area contributed by atoms with Crippen LogP contribution < -0.4 is 16.0 Å². The summed E-state index contributed by atoms with van der Waals surface area (Å²) in [7, 11) is 6.96. The number of benzene rings is 3. The van der Waals surface area contributed by atoms with Gasteiger partial charge in [0.05, 0.1) is 23.9 Å². The monoisotopic (exact) mass is 518 g/mol. The average molecular weight is 519 g/mol. The predicted molar refractivity (Wildman–Crippen MR) is 157 cm³/mol. The lowest BCUT2D eigenvalue weighted by Crippen LogP contribution is -2.80. The molecule has 0 saturated carbocycles. The number of para-hydroxylation sites is 3. The third-order valence-corrected chi connectivity index (χ3v) is 11.8. The molecule has 0 spiro atoms. The van der Waals surface area contributed by atoms with Gasteiger partial charge in [0.15, 0.2) is 0 Å². The van der Waals surface area contributed by atoms with Crippen molar-refractivity contribution in [3.05, 3.63) is 89.0 Å². The molecule has 6 nitrogen and oxygen atoms in total. The number of hydrogen-bond donors (Lipinski definition) is 3. The largest absolute Gasteiger partial charge is 0.369 e. The smallest absolute Gasteiger partial charge is 0.0933 e. The molecule has 3 aromatic rings. The zero-order chi connectivity index (χ0) is 26.1. The van der Waals surface area contributed by atoms with Crippen molar-refractivity contribution in [2.24, 2.45) is 0 Å². The normalized spacial score (nSPS) is 37.9. The first-order valence-electron chi connectivity index (χ1n) is 14.8. The van der Waals surface area contributed by atoms with Crippen LogP contribution in [0.25, 0.3) is 0 Å². The van der Waals surface area contributed by atoms with Gasteiger partial charge in [0.1, 0.15) is 0 Å². The Kier molecular flexibility index (Phi) is 4.29. The number of rotatable bonds is 1. The molecule has 0 amide bonds. The van der Waals surface area contributed by atoms with Crippen molar-refractivity contribution in [1.82, 2.24) is 14.7 Å². The van der Waals surface area contributed by atoms with Crippen molar-refractivity contribution < 1.29 is 0 Å². The molecular formula is C33H38N6. The maximum atomic E-state index is 4.31. The number of piperidine rings is 2. The van der Waals surface area contributed by atoms with Gasteiger partial charge in [-0.1, -0.05) is 54.6 Å². The first-order valence-corrected chi connectivity index (χ1v) is 14.8. The Morgan fingerprint density at radius 2 is 1.05 bits per heavy atom. The Morgan fingerprint density at radius 1 is 0.538 bits per heavy atom. The molecule has 3 saturated heterocycles. The molecule has 6 aliphatic heterocycles. The SMILES string of the molecule is CN1CC[C@]2(c3cccc4c3N[C@H]3N(C)CC[C@@]45[C@@H]4Nc6ccccc6[C@]35CCN4C)c3ccccc3N[C@H]12. The molecule has 0 aliphatic carbocycles. The van der Waals surface area contributed by atoms with Crippen LogP contribution in [0.15, 0.2) is 66.7 Å². The quantitative estimate of drug-likeness (QED) is 0.444. The standard InChI is InChI=1S/C33H38N6/c1-37-18-15-31(21-9-4-6-13-25(21)34-28(31)37)23-11-8-12-24-27(23)36-30-32-16-19-38(2)29(33(24,32)17-20-39(30)3)35-26-14-7-5-10-22(26)32/h4-14,28-30,34-36H,15-20H2,1-3H3/t28-,29-,30+,31-,32-,33+/m1/s1. The van der Waals surface area contributed by atoms with E-state index in [2.05, 4.69) is 119 Å². The second kappa shape index (κ2) is 7.36. The van der Waals surface area contributed by atoms with Crippen molar-refractivity contribution in [3.63, 3.8) is 0 Å². The fraction of sp³-hybridized carbons (Fsp3) is 0.455. The van der Waals surface area contributed by atoms with E-state index in [0.717, 1.165) is 38.9 Å². The summed E-state index contributed by atoms with van der Waals surface area (Å²) in [6.45, 7) is 3.29. The van der Waals surface area contributed by atoms with Crippen molar-refractivity contribution >= 4 is 17.1 Å². The van der Waals surface area contributed by atoms with Crippen LogP contribution in [0.5, 0.6) is 0 Å². The van der Waals surface area contributed by atoms with Crippen molar-refractivity contribution in [1.29, 1.82) is 0 Å². The van der Waals surface area contributed by atoms with E-state index >= 15 is 0 Å². The second-order valence-electron chi connectivity index (χ2n) is 13.1. The lowest BCUT2D eigenvalue weighted by atomic mass is 9.44. The minimum absolute atomic E-state index is 0.00961. The molecule has 0 unspecified atom stereocenters. The molecule has 3 N–H and O–H groups in total. The van der Waals surface area contributed by atoms with Crippen LogP contribution in [0.3, 0.4) is 0 Å². The Bertz CT molecular complexity index is 1520. The second-order valence-corrected chi connectivity index (χ2v) is 13.1.